The molecule has 0 aromatic heterocycles. The minimum Gasteiger partial charge on any atom is -0.313 e. The van der Waals surface area contributed by atoms with Crippen molar-refractivity contribution in [3.8, 4) is 0 Å². The Kier molecular flexibility index (Phi) is 5.43. The van der Waals surface area contributed by atoms with Crippen molar-refractivity contribution < 1.29 is 8.42 Å². The van der Waals surface area contributed by atoms with E-state index in [1.54, 1.807) is 18.7 Å². The lowest BCUT2D eigenvalue weighted by atomic mass is 9.92. The predicted molar refractivity (Wildman–Crippen MR) is 87.0 cm³/mol. The molecular formula is C14H28N2O2S2. The van der Waals surface area contributed by atoms with E-state index >= 15 is 0 Å². The molecule has 6 heteroatoms. The van der Waals surface area contributed by atoms with Crippen LogP contribution in [0.2, 0.25) is 0 Å². The fourth-order valence-electron chi connectivity index (χ4n) is 2.63. The summed E-state index contributed by atoms with van der Waals surface area (Å²) in [7, 11) is -2.98. The number of rotatable bonds is 7. The number of nitrogens with one attached hydrogen (secondary N) is 1. The second-order valence-electron chi connectivity index (χ2n) is 6.77. The van der Waals surface area contributed by atoms with Gasteiger partial charge in [0.15, 0.2) is 9.84 Å². The molecule has 0 radical (unpaired) electrons. The molecule has 4 nitrogen and oxygen atoms in total. The molecule has 1 aliphatic carbocycles. The Morgan fingerprint density at radius 3 is 2.65 bits per heavy atom. The van der Waals surface area contributed by atoms with Crippen molar-refractivity contribution in [2.45, 2.75) is 45.0 Å². The van der Waals surface area contributed by atoms with Crippen molar-refractivity contribution in [2.75, 3.05) is 36.9 Å². The molecule has 2 fully saturated rings. The molecule has 1 heterocycles. The summed E-state index contributed by atoms with van der Waals surface area (Å²) < 4.78 is 24.5. The van der Waals surface area contributed by atoms with Crippen molar-refractivity contribution in [1.29, 1.82) is 0 Å². The topological polar surface area (TPSA) is 49.4 Å². The highest BCUT2D eigenvalue weighted by atomic mass is 32.2. The van der Waals surface area contributed by atoms with E-state index in [4.69, 9.17) is 0 Å². The summed E-state index contributed by atoms with van der Waals surface area (Å²) in [6.45, 7) is 8.95. The van der Waals surface area contributed by atoms with Crippen molar-refractivity contribution in [3.63, 3.8) is 0 Å². The lowest BCUT2D eigenvalue weighted by Gasteiger charge is -2.39. The summed E-state index contributed by atoms with van der Waals surface area (Å²) >= 11 is 1.77. The van der Waals surface area contributed by atoms with Crippen molar-refractivity contribution in [3.05, 3.63) is 0 Å². The normalized spacial score (nSPS) is 25.9. The number of thioether (sulfide) groups is 1. The van der Waals surface area contributed by atoms with Gasteiger partial charge in [0, 0.05) is 42.9 Å². The van der Waals surface area contributed by atoms with Gasteiger partial charge in [0.05, 0.1) is 0 Å². The second kappa shape index (κ2) is 6.55. The minimum absolute atomic E-state index is 0.117. The van der Waals surface area contributed by atoms with Crippen LogP contribution in [0.5, 0.6) is 0 Å². The van der Waals surface area contributed by atoms with Crippen LogP contribution in [0.25, 0.3) is 0 Å². The van der Waals surface area contributed by atoms with Gasteiger partial charge < -0.3 is 5.32 Å². The van der Waals surface area contributed by atoms with Crippen LogP contribution in [-0.2, 0) is 9.84 Å². The van der Waals surface area contributed by atoms with Crippen LogP contribution in [0.1, 0.15) is 33.6 Å². The zero-order chi connectivity index (χ0) is 14.8. The number of hydrogen-bond donors (Lipinski definition) is 1. The first-order valence-corrected chi connectivity index (χ1v) is 10.5. The third kappa shape index (κ3) is 4.61. The molecule has 0 aromatic carbocycles. The summed E-state index contributed by atoms with van der Waals surface area (Å²) in [5.74, 6) is 2.01. The summed E-state index contributed by atoms with van der Waals surface area (Å²) in [6, 6.07) is 0.710. The first kappa shape index (κ1) is 16.6. The molecule has 0 amide bonds. The maximum absolute atomic E-state index is 12.3. The molecule has 0 spiro atoms. The van der Waals surface area contributed by atoms with Gasteiger partial charge in [0.2, 0.25) is 0 Å². The van der Waals surface area contributed by atoms with E-state index in [0.717, 1.165) is 31.1 Å². The summed E-state index contributed by atoms with van der Waals surface area (Å²) in [4.78, 5) is 2.20. The molecule has 1 unspecified atom stereocenters. The van der Waals surface area contributed by atoms with Crippen molar-refractivity contribution in [2.24, 2.45) is 5.41 Å². The summed E-state index contributed by atoms with van der Waals surface area (Å²) in [5, 5.41) is 3.29. The molecule has 1 N–H and O–H groups in total. The minimum atomic E-state index is -2.98. The van der Waals surface area contributed by atoms with Gasteiger partial charge in [-0.25, -0.2) is 8.42 Å². The first-order valence-electron chi connectivity index (χ1n) is 7.61. The zero-order valence-corrected chi connectivity index (χ0v) is 14.5. The molecule has 1 saturated carbocycles. The average molecular weight is 321 g/mol. The fraction of sp³-hybridized carbons (Fsp3) is 1.00. The molecular weight excluding hydrogens is 292 g/mol. The van der Waals surface area contributed by atoms with Gasteiger partial charge in [0.25, 0.3) is 0 Å². The van der Waals surface area contributed by atoms with Gasteiger partial charge >= 0.3 is 0 Å². The van der Waals surface area contributed by atoms with E-state index in [9.17, 15) is 8.42 Å². The van der Waals surface area contributed by atoms with Crippen molar-refractivity contribution in [1.82, 2.24) is 10.2 Å². The monoisotopic (exact) mass is 320 g/mol. The Balaban J connectivity index is 1.96. The van der Waals surface area contributed by atoms with E-state index in [-0.39, 0.29) is 16.5 Å². The van der Waals surface area contributed by atoms with Crippen LogP contribution in [-0.4, -0.2) is 61.6 Å². The van der Waals surface area contributed by atoms with Crippen LogP contribution in [0.15, 0.2) is 0 Å². The van der Waals surface area contributed by atoms with E-state index in [1.165, 1.54) is 12.8 Å². The fourth-order valence-corrected chi connectivity index (χ4v) is 5.71. The first-order chi connectivity index (χ1) is 9.34. The largest absolute Gasteiger partial charge is 0.313 e. The van der Waals surface area contributed by atoms with Crippen LogP contribution in [0, 0.1) is 5.41 Å². The number of nitrogens with zero attached hydrogens (tertiary/aromatic N) is 1. The molecule has 0 bridgehead atoms. The highest BCUT2D eigenvalue weighted by molar-refractivity contribution is 8.01. The number of hydrogen-bond acceptors (Lipinski definition) is 5. The average Bonchev–Trinajstić information content (AvgIpc) is 3.20. The molecule has 1 aliphatic heterocycles. The van der Waals surface area contributed by atoms with Crippen molar-refractivity contribution >= 4 is 21.6 Å². The van der Waals surface area contributed by atoms with E-state index in [1.807, 2.05) is 0 Å². The van der Waals surface area contributed by atoms with Gasteiger partial charge in [-0.3, -0.25) is 4.90 Å². The Bertz CT molecular complexity index is 419. The highest BCUT2D eigenvalue weighted by Crippen LogP contribution is 2.27. The Morgan fingerprint density at radius 2 is 2.05 bits per heavy atom. The molecule has 0 aromatic rings. The lowest BCUT2D eigenvalue weighted by molar-refractivity contribution is 0.170. The van der Waals surface area contributed by atoms with E-state index < -0.39 is 9.84 Å². The van der Waals surface area contributed by atoms with E-state index in [2.05, 4.69) is 24.1 Å². The van der Waals surface area contributed by atoms with Gasteiger partial charge in [-0.2, -0.15) is 11.8 Å². The Morgan fingerprint density at radius 1 is 1.35 bits per heavy atom. The Hall–Kier alpha value is 0.220. The molecule has 118 valence electrons. The van der Waals surface area contributed by atoms with Gasteiger partial charge in [-0.05, 0) is 18.3 Å². The predicted octanol–water partition coefficient (Wildman–Crippen LogP) is 1.57. The summed E-state index contributed by atoms with van der Waals surface area (Å²) in [6.07, 6.45) is 2.59. The molecule has 1 atom stereocenters. The van der Waals surface area contributed by atoms with Crippen LogP contribution in [0.3, 0.4) is 0 Å². The van der Waals surface area contributed by atoms with Crippen LogP contribution in [0.4, 0.5) is 0 Å². The second-order valence-corrected chi connectivity index (χ2v) is 10.4. The lowest BCUT2D eigenvalue weighted by Crippen LogP contribution is -2.52. The maximum Gasteiger partial charge on any atom is 0.166 e. The Labute approximate surface area is 128 Å². The molecule has 2 aliphatic rings. The van der Waals surface area contributed by atoms with Gasteiger partial charge in [-0.1, -0.05) is 20.8 Å². The van der Waals surface area contributed by atoms with Crippen LogP contribution >= 0.6 is 11.8 Å². The summed E-state index contributed by atoms with van der Waals surface area (Å²) in [5.41, 5.74) is 0.117. The standard InChI is InChI=1S/C14H28N2O2S2/c1-4-20(17,18)13-9-19-8-7-16(13)11-14(2,3)10-15-12-5-6-12/h12-13,15H,4-11H2,1-3H3. The van der Waals surface area contributed by atoms with Gasteiger partial charge in [0.1, 0.15) is 5.37 Å². The SMILES string of the molecule is CCS(=O)(=O)C1CSCCN1CC(C)(C)CNC1CC1. The zero-order valence-electron chi connectivity index (χ0n) is 12.9. The van der Waals surface area contributed by atoms with Gasteiger partial charge in [-0.15, -0.1) is 0 Å². The molecule has 2 rings (SSSR count). The third-order valence-corrected chi connectivity index (χ3v) is 7.42. The van der Waals surface area contributed by atoms with Crippen LogP contribution < -0.4 is 5.32 Å². The third-order valence-electron chi connectivity index (χ3n) is 4.09. The smallest absolute Gasteiger partial charge is 0.166 e. The molecule has 1 saturated heterocycles. The molecule has 20 heavy (non-hydrogen) atoms. The van der Waals surface area contributed by atoms with E-state index in [0.29, 0.717) is 6.04 Å². The highest BCUT2D eigenvalue weighted by Gasteiger charge is 2.36. The quantitative estimate of drug-likeness (QED) is 0.772. The maximum atomic E-state index is 12.3. The number of sulfone groups is 1.